The van der Waals surface area contributed by atoms with Crippen LogP contribution in [0.1, 0.15) is 40.5 Å². The van der Waals surface area contributed by atoms with Crippen LogP contribution in [-0.2, 0) is 24.2 Å². The van der Waals surface area contributed by atoms with E-state index in [4.69, 9.17) is 4.52 Å². The fourth-order valence-corrected chi connectivity index (χ4v) is 3.20. The Labute approximate surface area is 159 Å². The highest BCUT2D eigenvalue weighted by atomic mass is 16.5. The van der Waals surface area contributed by atoms with Crippen LogP contribution in [0.25, 0.3) is 11.4 Å². The van der Waals surface area contributed by atoms with Crippen LogP contribution in [0.3, 0.4) is 0 Å². The molecule has 4 heterocycles. The number of pyridine rings is 1. The molecule has 0 saturated carbocycles. The zero-order chi connectivity index (χ0) is 19.5. The van der Waals surface area contributed by atoms with E-state index in [0.717, 1.165) is 11.3 Å². The summed E-state index contributed by atoms with van der Waals surface area (Å²) in [6.07, 6.45) is 5.27. The van der Waals surface area contributed by atoms with Gasteiger partial charge in [0.1, 0.15) is 0 Å². The van der Waals surface area contributed by atoms with Gasteiger partial charge in [-0.3, -0.25) is 14.9 Å². The number of carbonyl (C=O) groups excluding carboxylic acids is 1. The molecule has 0 fully saturated rings. The van der Waals surface area contributed by atoms with Crippen molar-refractivity contribution in [3.63, 3.8) is 0 Å². The quantitative estimate of drug-likeness (QED) is 0.653. The van der Waals surface area contributed by atoms with E-state index >= 15 is 0 Å². The van der Waals surface area contributed by atoms with Gasteiger partial charge in [0.15, 0.2) is 5.69 Å². The molecule has 0 unspecified atom stereocenters. The summed E-state index contributed by atoms with van der Waals surface area (Å²) in [6, 6.07) is 3.64. The molecule has 3 aromatic heterocycles. The Bertz CT molecular complexity index is 997. The number of carbonyl (C=O) groups is 2. The molecule has 144 valence electrons. The molecule has 0 aliphatic carbocycles. The SMILES string of the molecule is O=C(O)c1n[nH]c2c1CN(C(=O)CCCc1nc(-c3cccnc3)no1)CC2. The van der Waals surface area contributed by atoms with Crippen molar-refractivity contribution in [3.8, 4) is 11.4 Å². The van der Waals surface area contributed by atoms with Crippen molar-refractivity contribution in [2.75, 3.05) is 6.54 Å². The number of H-pyrrole nitrogens is 1. The van der Waals surface area contributed by atoms with Gasteiger partial charge in [0, 0.05) is 61.6 Å². The molecule has 4 rings (SSSR count). The van der Waals surface area contributed by atoms with E-state index in [2.05, 4.69) is 25.3 Å². The lowest BCUT2D eigenvalue weighted by Crippen LogP contribution is -2.36. The predicted molar refractivity (Wildman–Crippen MR) is 95.1 cm³/mol. The third kappa shape index (κ3) is 3.61. The van der Waals surface area contributed by atoms with Gasteiger partial charge in [-0.05, 0) is 18.6 Å². The number of aromatic carboxylic acids is 1. The summed E-state index contributed by atoms with van der Waals surface area (Å²) in [5.74, 6) is -0.183. The number of fused-ring (bicyclic) bond motifs is 1. The summed E-state index contributed by atoms with van der Waals surface area (Å²) in [6.45, 7) is 0.802. The number of aryl methyl sites for hydroxylation is 1. The number of nitrogens with one attached hydrogen (secondary N) is 1. The van der Waals surface area contributed by atoms with Crippen LogP contribution < -0.4 is 0 Å². The molecule has 1 aliphatic heterocycles. The maximum absolute atomic E-state index is 12.5. The molecule has 0 atom stereocenters. The molecule has 0 aromatic carbocycles. The number of carboxylic acids is 1. The van der Waals surface area contributed by atoms with E-state index in [0.29, 0.717) is 49.5 Å². The Morgan fingerprint density at radius 1 is 1.36 bits per heavy atom. The standard InChI is InChI=1S/C18H18N6O4/c25-15(24-8-6-13-12(10-24)16(18(26)27)22-21-13)5-1-4-14-20-17(23-28-14)11-3-2-7-19-9-11/h2-3,7,9H,1,4-6,8,10H2,(H,21,22)(H,26,27). The summed E-state index contributed by atoms with van der Waals surface area (Å²) in [7, 11) is 0. The minimum absolute atomic E-state index is 0.0127. The molecule has 2 N–H and O–H groups in total. The number of aromatic amines is 1. The largest absolute Gasteiger partial charge is 0.476 e. The topological polar surface area (TPSA) is 138 Å². The monoisotopic (exact) mass is 382 g/mol. The average Bonchev–Trinajstić information content (AvgIpc) is 3.35. The van der Waals surface area contributed by atoms with E-state index in [9.17, 15) is 14.7 Å². The number of carboxylic acid groups (broad SMARTS) is 1. The highest BCUT2D eigenvalue weighted by Gasteiger charge is 2.27. The molecule has 3 aromatic rings. The van der Waals surface area contributed by atoms with Crippen LogP contribution in [0.2, 0.25) is 0 Å². The lowest BCUT2D eigenvalue weighted by atomic mass is 10.0. The summed E-state index contributed by atoms with van der Waals surface area (Å²) in [5, 5.41) is 19.7. The Morgan fingerprint density at radius 2 is 2.25 bits per heavy atom. The fraction of sp³-hybridized carbons (Fsp3) is 0.333. The van der Waals surface area contributed by atoms with Crippen molar-refractivity contribution < 1.29 is 19.2 Å². The van der Waals surface area contributed by atoms with Gasteiger partial charge in [-0.15, -0.1) is 0 Å². The Kier molecular flexibility index (Phi) is 4.83. The number of nitrogens with zero attached hydrogens (tertiary/aromatic N) is 5. The fourth-order valence-electron chi connectivity index (χ4n) is 3.20. The van der Waals surface area contributed by atoms with Gasteiger partial charge < -0.3 is 14.5 Å². The van der Waals surface area contributed by atoms with Crippen molar-refractivity contribution in [2.24, 2.45) is 0 Å². The Balaban J connectivity index is 1.31. The lowest BCUT2D eigenvalue weighted by molar-refractivity contribution is -0.132. The molecule has 10 nitrogen and oxygen atoms in total. The lowest BCUT2D eigenvalue weighted by Gasteiger charge is -2.26. The van der Waals surface area contributed by atoms with E-state index in [-0.39, 0.29) is 18.1 Å². The minimum Gasteiger partial charge on any atom is -0.476 e. The maximum Gasteiger partial charge on any atom is 0.356 e. The smallest absolute Gasteiger partial charge is 0.356 e. The molecule has 0 spiro atoms. The highest BCUT2D eigenvalue weighted by Crippen LogP contribution is 2.21. The molecule has 28 heavy (non-hydrogen) atoms. The summed E-state index contributed by atoms with van der Waals surface area (Å²) in [5.41, 5.74) is 2.13. The molecule has 1 amide bonds. The van der Waals surface area contributed by atoms with Crippen LogP contribution in [0.4, 0.5) is 0 Å². The van der Waals surface area contributed by atoms with Gasteiger partial charge in [0.05, 0.1) is 0 Å². The van der Waals surface area contributed by atoms with E-state index < -0.39 is 5.97 Å². The van der Waals surface area contributed by atoms with Crippen molar-refractivity contribution >= 4 is 11.9 Å². The first-order valence-electron chi connectivity index (χ1n) is 8.92. The van der Waals surface area contributed by atoms with Crippen molar-refractivity contribution in [2.45, 2.75) is 32.2 Å². The van der Waals surface area contributed by atoms with Gasteiger partial charge in [-0.25, -0.2) is 4.79 Å². The zero-order valence-electron chi connectivity index (χ0n) is 15.0. The van der Waals surface area contributed by atoms with Crippen LogP contribution in [0.5, 0.6) is 0 Å². The normalized spacial score (nSPS) is 13.4. The molecule has 10 heteroatoms. The number of hydrogen-bond donors (Lipinski definition) is 2. The average molecular weight is 382 g/mol. The van der Waals surface area contributed by atoms with Crippen molar-refractivity contribution in [1.82, 2.24) is 30.2 Å². The first-order chi connectivity index (χ1) is 13.6. The summed E-state index contributed by atoms with van der Waals surface area (Å²) >= 11 is 0. The zero-order valence-corrected chi connectivity index (χ0v) is 15.0. The van der Waals surface area contributed by atoms with Crippen LogP contribution in [0.15, 0.2) is 29.0 Å². The Morgan fingerprint density at radius 3 is 3.04 bits per heavy atom. The Hall–Kier alpha value is -3.56. The molecular weight excluding hydrogens is 364 g/mol. The molecular formula is C18H18N6O4. The minimum atomic E-state index is -1.09. The highest BCUT2D eigenvalue weighted by molar-refractivity contribution is 5.87. The van der Waals surface area contributed by atoms with E-state index in [1.807, 2.05) is 6.07 Å². The van der Waals surface area contributed by atoms with Gasteiger partial charge in [-0.1, -0.05) is 5.16 Å². The van der Waals surface area contributed by atoms with E-state index in [1.165, 1.54) is 0 Å². The second kappa shape index (κ2) is 7.59. The van der Waals surface area contributed by atoms with Crippen LogP contribution >= 0.6 is 0 Å². The first-order valence-corrected chi connectivity index (χ1v) is 8.92. The molecule has 1 aliphatic rings. The number of hydrogen-bond acceptors (Lipinski definition) is 7. The molecule has 0 bridgehead atoms. The van der Waals surface area contributed by atoms with Gasteiger partial charge in [-0.2, -0.15) is 10.1 Å². The third-order valence-corrected chi connectivity index (χ3v) is 4.66. The maximum atomic E-state index is 12.5. The van der Waals surface area contributed by atoms with Crippen molar-refractivity contribution in [3.05, 3.63) is 47.4 Å². The molecule has 0 radical (unpaired) electrons. The van der Waals surface area contributed by atoms with Gasteiger partial charge >= 0.3 is 5.97 Å². The van der Waals surface area contributed by atoms with Gasteiger partial charge in [0.2, 0.25) is 17.6 Å². The summed E-state index contributed by atoms with van der Waals surface area (Å²) < 4.78 is 5.23. The predicted octanol–water partition coefficient (Wildman–Crippen LogP) is 1.46. The van der Waals surface area contributed by atoms with Crippen molar-refractivity contribution in [1.29, 1.82) is 0 Å². The third-order valence-electron chi connectivity index (χ3n) is 4.66. The van der Waals surface area contributed by atoms with Crippen LogP contribution in [-0.4, -0.2) is 53.7 Å². The number of aromatic nitrogens is 5. The second-order valence-electron chi connectivity index (χ2n) is 6.51. The number of amides is 1. The number of rotatable bonds is 6. The molecule has 0 saturated heterocycles. The van der Waals surface area contributed by atoms with E-state index in [1.54, 1.807) is 23.4 Å². The summed E-state index contributed by atoms with van der Waals surface area (Å²) in [4.78, 5) is 33.7. The van der Waals surface area contributed by atoms with Gasteiger partial charge in [0.25, 0.3) is 0 Å². The first kappa shape index (κ1) is 17.8. The van der Waals surface area contributed by atoms with Crippen LogP contribution in [0, 0.1) is 0 Å². The second-order valence-corrected chi connectivity index (χ2v) is 6.51.